The van der Waals surface area contributed by atoms with E-state index in [4.69, 9.17) is 0 Å². The average Bonchev–Trinajstić information content (AvgIpc) is 3.21. The van der Waals surface area contributed by atoms with Crippen LogP contribution in [0.25, 0.3) is 10.9 Å². The van der Waals surface area contributed by atoms with Crippen molar-refractivity contribution in [2.75, 3.05) is 13.6 Å². The fraction of sp³-hybridized carbons (Fsp3) is 0.368. The largest absolute Gasteiger partial charge is 0.357 e. The van der Waals surface area contributed by atoms with Gasteiger partial charge < -0.3 is 15.2 Å². The standard InChI is InChI=1S/C19H22FN5O/c1-24(12-16-9-13-8-14(20)2-4-18(13)22-16)19(26)5-3-15-10-17-11-21-6-7-25(17)23-15/h2,4,8-10,21-22H,3,5-7,11-12H2,1H3. The number of nitrogens with one attached hydrogen (secondary N) is 2. The van der Waals surface area contributed by atoms with Crippen LogP contribution in [0.1, 0.15) is 23.5 Å². The molecule has 0 radical (unpaired) electrons. The minimum atomic E-state index is -0.259. The van der Waals surface area contributed by atoms with E-state index in [2.05, 4.69) is 21.5 Å². The summed E-state index contributed by atoms with van der Waals surface area (Å²) in [5.74, 6) is -0.190. The zero-order chi connectivity index (χ0) is 18.1. The molecule has 0 saturated carbocycles. The van der Waals surface area contributed by atoms with Crippen LogP contribution in [-0.4, -0.2) is 39.2 Å². The molecule has 0 unspecified atom stereocenters. The highest BCUT2D eigenvalue weighted by molar-refractivity contribution is 5.81. The van der Waals surface area contributed by atoms with Crippen LogP contribution in [-0.2, 0) is 30.8 Å². The van der Waals surface area contributed by atoms with Gasteiger partial charge in [-0.05, 0) is 30.3 Å². The molecule has 0 bridgehead atoms. The quantitative estimate of drug-likeness (QED) is 0.737. The predicted octanol–water partition coefficient (Wildman–Crippen LogP) is 2.20. The Morgan fingerprint density at radius 1 is 1.35 bits per heavy atom. The Bertz CT molecular complexity index is 921. The monoisotopic (exact) mass is 355 g/mol. The Morgan fingerprint density at radius 2 is 2.23 bits per heavy atom. The Balaban J connectivity index is 1.35. The number of rotatable bonds is 5. The van der Waals surface area contributed by atoms with Gasteiger partial charge in [-0.2, -0.15) is 5.10 Å². The first kappa shape index (κ1) is 16.8. The van der Waals surface area contributed by atoms with Crippen LogP contribution in [0.15, 0.2) is 30.3 Å². The Morgan fingerprint density at radius 3 is 3.08 bits per heavy atom. The third kappa shape index (κ3) is 3.48. The van der Waals surface area contributed by atoms with Crippen LogP contribution in [0.3, 0.4) is 0 Å². The smallest absolute Gasteiger partial charge is 0.223 e. The van der Waals surface area contributed by atoms with Crippen molar-refractivity contribution in [3.05, 3.63) is 53.2 Å². The number of hydrogen-bond donors (Lipinski definition) is 2. The third-order valence-electron chi connectivity index (χ3n) is 4.79. The Hall–Kier alpha value is -2.67. The van der Waals surface area contributed by atoms with Crippen LogP contribution < -0.4 is 5.32 Å². The van der Waals surface area contributed by atoms with Crippen LogP contribution in [0.5, 0.6) is 0 Å². The molecule has 6 nitrogen and oxygen atoms in total. The summed E-state index contributed by atoms with van der Waals surface area (Å²) in [6, 6.07) is 8.60. The van der Waals surface area contributed by atoms with Crippen LogP contribution in [0, 0.1) is 5.82 Å². The zero-order valence-corrected chi connectivity index (χ0v) is 14.8. The van der Waals surface area contributed by atoms with Gasteiger partial charge in [-0.15, -0.1) is 0 Å². The number of carbonyl (C=O) groups is 1. The van der Waals surface area contributed by atoms with Gasteiger partial charge in [-0.1, -0.05) is 0 Å². The number of hydrogen-bond acceptors (Lipinski definition) is 3. The van der Waals surface area contributed by atoms with Gasteiger partial charge in [0.1, 0.15) is 5.82 Å². The second kappa shape index (κ2) is 6.92. The van der Waals surface area contributed by atoms with E-state index in [1.165, 1.54) is 17.8 Å². The van der Waals surface area contributed by atoms with Crippen LogP contribution >= 0.6 is 0 Å². The fourth-order valence-corrected chi connectivity index (χ4v) is 3.39. The first-order valence-corrected chi connectivity index (χ1v) is 8.86. The van der Waals surface area contributed by atoms with Crippen molar-refractivity contribution in [1.29, 1.82) is 0 Å². The highest BCUT2D eigenvalue weighted by Crippen LogP contribution is 2.18. The number of benzene rings is 1. The van der Waals surface area contributed by atoms with Gasteiger partial charge in [0.2, 0.25) is 5.91 Å². The fourth-order valence-electron chi connectivity index (χ4n) is 3.39. The molecule has 3 heterocycles. The Kier molecular flexibility index (Phi) is 4.46. The van der Waals surface area contributed by atoms with Crippen LogP contribution in [0.2, 0.25) is 0 Å². The number of aryl methyl sites for hydroxylation is 1. The van der Waals surface area contributed by atoms with E-state index >= 15 is 0 Å². The van der Waals surface area contributed by atoms with Crippen molar-refractivity contribution in [2.24, 2.45) is 0 Å². The van der Waals surface area contributed by atoms with Crippen molar-refractivity contribution < 1.29 is 9.18 Å². The van der Waals surface area contributed by atoms with Gasteiger partial charge in [-0.3, -0.25) is 9.48 Å². The molecule has 1 aliphatic heterocycles. The van der Waals surface area contributed by atoms with Crippen molar-refractivity contribution >= 4 is 16.8 Å². The number of carbonyl (C=O) groups excluding carboxylic acids is 1. The van der Waals surface area contributed by atoms with Gasteiger partial charge >= 0.3 is 0 Å². The number of fused-ring (bicyclic) bond motifs is 2. The number of halogens is 1. The number of amides is 1. The molecule has 1 amide bonds. The summed E-state index contributed by atoms with van der Waals surface area (Å²) in [6.07, 6.45) is 1.07. The molecule has 2 N–H and O–H groups in total. The minimum absolute atomic E-state index is 0.0685. The van der Waals surface area contributed by atoms with E-state index in [-0.39, 0.29) is 11.7 Å². The molecule has 136 valence electrons. The normalized spacial score (nSPS) is 13.8. The molecule has 4 rings (SSSR count). The van der Waals surface area contributed by atoms with E-state index in [0.29, 0.717) is 19.4 Å². The number of H-pyrrole nitrogens is 1. The summed E-state index contributed by atoms with van der Waals surface area (Å²) in [6.45, 7) is 3.12. The summed E-state index contributed by atoms with van der Waals surface area (Å²) in [7, 11) is 1.79. The number of aromatic nitrogens is 3. The van der Waals surface area contributed by atoms with Gasteiger partial charge in [-0.25, -0.2) is 4.39 Å². The molecule has 0 spiro atoms. The molecule has 0 saturated heterocycles. The maximum absolute atomic E-state index is 13.3. The molecular formula is C19H22FN5O. The zero-order valence-electron chi connectivity index (χ0n) is 14.8. The number of nitrogens with zero attached hydrogens (tertiary/aromatic N) is 3. The maximum atomic E-state index is 13.3. The summed E-state index contributed by atoms with van der Waals surface area (Å²) < 4.78 is 15.3. The van der Waals surface area contributed by atoms with Gasteiger partial charge in [0, 0.05) is 49.6 Å². The van der Waals surface area contributed by atoms with Gasteiger partial charge in [0.25, 0.3) is 0 Å². The van der Waals surface area contributed by atoms with Crippen molar-refractivity contribution in [3.8, 4) is 0 Å². The van der Waals surface area contributed by atoms with E-state index in [1.807, 2.05) is 10.7 Å². The van der Waals surface area contributed by atoms with E-state index in [1.54, 1.807) is 18.0 Å². The lowest BCUT2D eigenvalue weighted by Crippen LogP contribution is -2.28. The second-order valence-electron chi connectivity index (χ2n) is 6.80. The van der Waals surface area contributed by atoms with Gasteiger partial charge in [0.05, 0.1) is 24.5 Å². The first-order chi connectivity index (χ1) is 12.6. The highest BCUT2D eigenvalue weighted by Gasteiger charge is 2.15. The molecule has 1 aromatic carbocycles. The summed E-state index contributed by atoms with van der Waals surface area (Å²) in [5.41, 5.74) is 3.91. The highest BCUT2D eigenvalue weighted by atomic mass is 19.1. The lowest BCUT2D eigenvalue weighted by atomic mass is 10.2. The van der Waals surface area contributed by atoms with E-state index in [9.17, 15) is 9.18 Å². The SMILES string of the molecule is CN(Cc1cc2cc(F)ccc2[nH]1)C(=O)CCc1cc2n(n1)CCNC2. The summed E-state index contributed by atoms with van der Waals surface area (Å²) in [5, 5.41) is 8.70. The van der Waals surface area contributed by atoms with Crippen molar-refractivity contribution in [1.82, 2.24) is 25.0 Å². The summed E-state index contributed by atoms with van der Waals surface area (Å²) in [4.78, 5) is 17.4. The van der Waals surface area contributed by atoms with E-state index < -0.39 is 0 Å². The predicted molar refractivity (Wildman–Crippen MR) is 97.0 cm³/mol. The molecule has 0 fully saturated rings. The molecule has 0 aliphatic carbocycles. The summed E-state index contributed by atoms with van der Waals surface area (Å²) >= 11 is 0. The lowest BCUT2D eigenvalue weighted by molar-refractivity contribution is -0.130. The molecule has 0 atom stereocenters. The maximum Gasteiger partial charge on any atom is 0.223 e. The van der Waals surface area contributed by atoms with Crippen molar-refractivity contribution in [2.45, 2.75) is 32.5 Å². The molecular weight excluding hydrogens is 333 g/mol. The first-order valence-electron chi connectivity index (χ1n) is 8.86. The minimum Gasteiger partial charge on any atom is -0.357 e. The molecule has 26 heavy (non-hydrogen) atoms. The average molecular weight is 355 g/mol. The molecule has 3 aromatic rings. The number of aromatic amines is 1. The van der Waals surface area contributed by atoms with Gasteiger partial charge in [0.15, 0.2) is 0 Å². The Labute approximate surface area is 151 Å². The third-order valence-corrected chi connectivity index (χ3v) is 4.79. The second-order valence-corrected chi connectivity index (χ2v) is 6.80. The van der Waals surface area contributed by atoms with E-state index in [0.717, 1.165) is 41.9 Å². The van der Waals surface area contributed by atoms with Crippen LogP contribution in [0.4, 0.5) is 4.39 Å². The molecule has 2 aromatic heterocycles. The molecule has 1 aliphatic rings. The molecule has 7 heteroatoms. The topological polar surface area (TPSA) is 66.0 Å². The van der Waals surface area contributed by atoms with Crippen molar-refractivity contribution in [3.63, 3.8) is 0 Å². The lowest BCUT2D eigenvalue weighted by Gasteiger charge is -2.16.